The Morgan fingerprint density at radius 1 is 0.714 bits per heavy atom. The van der Waals surface area contributed by atoms with Crippen LogP contribution < -0.4 is 22.5 Å². The molecule has 0 aromatic carbocycles. The first-order chi connectivity index (χ1) is 13.4. The SMILES string of the molecule is C1CCC1.Cc1c[nH]c(=O)[nH]c1=O.Cc1c[nH]c(=O)[nH]c1=O.c1cncnc1. The van der Waals surface area contributed by atoms with Gasteiger partial charge >= 0.3 is 11.4 Å². The van der Waals surface area contributed by atoms with E-state index in [1.165, 1.54) is 44.4 Å². The summed E-state index contributed by atoms with van der Waals surface area (Å²) in [5, 5.41) is 0. The Hall–Kier alpha value is -3.56. The van der Waals surface area contributed by atoms with Gasteiger partial charge in [-0.3, -0.25) is 19.6 Å². The number of rotatable bonds is 0. The van der Waals surface area contributed by atoms with Gasteiger partial charge in [-0.25, -0.2) is 19.6 Å². The van der Waals surface area contributed by atoms with Gasteiger partial charge in [0.1, 0.15) is 6.33 Å². The second kappa shape index (κ2) is 12.7. The maximum absolute atomic E-state index is 10.6. The second-order valence-electron chi connectivity index (χ2n) is 5.83. The first-order valence-corrected chi connectivity index (χ1v) is 8.67. The highest BCUT2D eigenvalue weighted by Gasteiger charge is 1.95. The molecule has 4 N–H and O–H groups in total. The third-order valence-electron chi connectivity index (χ3n) is 3.49. The van der Waals surface area contributed by atoms with Gasteiger partial charge in [-0.1, -0.05) is 25.7 Å². The summed E-state index contributed by atoms with van der Waals surface area (Å²) >= 11 is 0. The zero-order valence-electron chi connectivity index (χ0n) is 15.8. The van der Waals surface area contributed by atoms with Crippen molar-refractivity contribution < 1.29 is 0 Å². The van der Waals surface area contributed by atoms with E-state index in [0.717, 1.165) is 0 Å². The molecule has 150 valence electrons. The van der Waals surface area contributed by atoms with Gasteiger partial charge in [0, 0.05) is 35.9 Å². The van der Waals surface area contributed by atoms with Crippen LogP contribution in [0, 0.1) is 13.8 Å². The molecule has 0 amide bonds. The predicted molar refractivity (Wildman–Crippen MR) is 105 cm³/mol. The normalized spacial score (nSPS) is 11.2. The van der Waals surface area contributed by atoms with E-state index in [-0.39, 0.29) is 11.1 Å². The summed E-state index contributed by atoms with van der Waals surface area (Å²) in [6.45, 7) is 3.24. The molecule has 0 bridgehead atoms. The van der Waals surface area contributed by atoms with Crippen molar-refractivity contribution in [3.8, 4) is 0 Å². The summed E-state index contributed by atoms with van der Waals surface area (Å²) in [5.74, 6) is 0. The van der Waals surface area contributed by atoms with Crippen molar-refractivity contribution in [2.24, 2.45) is 0 Å². The molecule has 0 radical (unpaired) electrons. The van der Waals surface area contributed by atoms with Gasteiger partial charge in [-0.05, 0) is 19.9 Å². The van der Waals surface area contributed by atoms with Crippen LogP contribution in [0.4, 0.5) is 0 Å². The van der Waals surface area contributed by atoms with Gasteiger partial charge in [0.05, 0.1) is 0 Å². The molecule has 3 aromatic heterocycles. The Bertz CT molecular complexity index is 936. The Kier molecular flexibility index (Phi) is 10.2. The molecule has 10 heteroatoms. The fourth-order valence-corrected chi connectivity index (χ4v) is 1.46. The zero-order chi connectivity index (χ0) is 20.8. The summed E-state index contributed by atoms with van der Waals surface area (Å²) in [4.78, 5) is 57.9. The van der Waals surface area contributed by atoms with Crippen LogP contribution in [0.2, 0.25) is 0 Å². The molecule has 3 heterocycles. The molecule has 1 aliphatic rings. The van der Waals surface area contributed by atoms with Crippen molar-refractivity contribution in [3.63, 3.8) is 0 Å². The van der Waals surface area contributed by atoms with Crippen LogP contribution in [-0.4, -0.2) is 29.9 Å². The van der Waals surface area contributed by atoms with Crippen LogP contribution in [0.3, 0.4) is 0 Å². The van der Waals surface area contributed by atoms with Crippen molar-refractivity contribution in [1.29, 1.82) is 0 Å². The Morgan fingerprint density at radius 2 is 1.11 bits per heavy atom. The van der Waals surface area contributed by atoms with Gasteiger partial charge in [-0.15, -0.1) is 0 Å². The molecule has 28 heavy (non-hydrogen) atoms. The van der Waals surface area contributed by atoms with E-state index in [1.807, 2.05) is 0 Å². The topological polar surface area (TPSA) is 157 Å². The number of hydrogen-bond donors (Lipinski definition) is 4. The van der Waals surface area contributed by atoms with E-state index in [4.69, 9.17) is 0 Å². The minimum atomic E-state index is -0.467. The van der Waals surface area contributed by atoms with E-state index in [2.05, 4.69) is 29.9 Å². The van der Waals surface area contributed by atoms with Gasteiger partial charge < -0.3 is 9.97 Å². The predicted octanol–water partition coefficient (Wildman–Crippen LogP) is 0.780. The molecular weight excluding hydrogens is 364 g/mol. The molecule has 0 unspecified atom stereocenters. The molecule has 1 fully saturated rings. The van der Waals surface area contributed by atoms with Crippen LogP contribution >= 0.6 is 0 Å². The molecular formula is C18H24N6O4. The lowest BCUT2D eigenvalue weighted by atomic mass is 10.0. The quantitative estimate of drug-likeness (QED) is 0.446. The smallest absolute Gasteiger partial charge is 0.314 e. The van der Waals surface area contributed by atoms with E-state index in [9.17, 15) is 19.2 Å². The highest BCUT2D eigenvalue weighted by Crippen LogP contribution is 2.15. The monoisotopic (exact) mass is 388 g/mol. The Labute approximate surface area is 160 Å². The molecule has 0 aliphatic heterocycles. The van der Waals surface area contributed by atoms with Crippen LogP contribution in [0.25, 0.3) is 0 Å². The van der Waals surface area contributed by atoms with Gasteiger partial charge in [-0.2, -0.15) is 0 Å². The van der Waals surface area contributed by atoms with Crippen molar-refractivity contribution in [1.82, 2.24) is 29.9 Å². The number of aromatic nitrogens is 6. The number of aryl methyl sites for hydroxylation is 2. The van der Waals surface area contributed by atoms with Crippen LogP contribution in [0.1, 0.15) is 36.8 Å². The fourth-order valence-electron chi connectivity index (χ4n) is 1.46. The Balaban J connectivity index is 0.000000194. The molecule has 0 spiro atoms. The van der Waals surface area contributed by atoms with Gasteiger partial charge in [0.15, 0.2) is 0 Å². The standard InChI is InChI=1S/2C5H6N2O2.C4H4N2.C4H8/c2*1-3-2-6-5(9)7-4(3)8;1-2-5-4-6-3-1;1-2-4-3-1/h2*2H,1H3,(H2,6,7,8,9);1-4H;1-4H2. The summed E-state index contributed by atoms with van der Waals surface area (Å²) in [6, 6.07) is 1.78. The first-order valence-electron chi connectivity index (χ1n) is 8.67. The van der Waals surface area contributed by atoms with Crippen LogP contribution in [0.15, 0.2) is 56.4 Å². The van der Waals surface area contributed by atoms with Crippen molar-refractivity contribution >= 4 is 0 Å². The maximum Gasteiger partial charge on any atom is 0.325 e. The minimum absolute atomic E-state index is 0.334. The highest BCUT2D eigenvalue weighted by molar-refractivity contribution is 4.99. The van der Waals surface area contributed by atoms with E-state index in [1.54, 1.807) is 32.3 Å². The Morgan fingerprint density at radius 3 is 1.29 bits per heavy atom. The third kappa shape index (κ3) is 9.80. The summed E-state index contributed by atoms with van der Waals surface area (Å²) in [7, 11) is 0. The maximum atomic E-state index is 10.6. The highest BCUT2D eigenvalue weighted by atomic mass is 16.2. The van der Waals surface area contributed by atoms with Crippen molar-refractivity contribution in [2.45, 2.75) is 39.5 Å². The van der Waals surface area contributed by atoms with Crippen LogP contribution in [0.5, 0.6) is 0 Å². The summed E-state index contributed by atoms with van der Waals surface area (Å²) in [6.07, 6.45) is 13.6. The summed E-state index contributed by atoms with van der Waals surface area (Å²) < 4.78 is 0. The molecule has 3 aromatic rings. The molecule has 0 saturated heterocycles. The lowest BCUT2D eigenvalue weighted by Crippen LogP contribution is -2.22. The largest absolute Gasteiger partial charge is 0.325 e. The van der Waals surface area contributed by atoms with E-state index >= 15 is 0 Å². The lowest BCUT2D eigenvalue weighted by molar-refractivity contribution is 0.504. The molecule has 1 aliphatic carbocycles. The molecule has 4 rings (SSSR count). The number of aromatic amines is 4. The summed E-state index contributed by atoms with van der Waals surface area (Å²) in [5.41, 5.74) is -0.585. The third-order valence-corrected chi connectivity index (χ3v) is 3.49. The zero-order valence-corrected chi connectivity index (χ0v) is 15.8. The first kappa shape index (κ1) is 22.5. The number of nitrogens with one attached hydrogen (secondary N) is 4. The fraction of sp³-hybridized carbons (Fsp3) is 0.333. The second-order valence-corrected chi connectivity index (χ2v) is 5.83. The average Bonchev–Trinajstić information content (AvgIpc) is 2.63. The molecule has 1 saturated carbocycles. The molecule has 10 nitrogen and oxygen atoms in total. The average molecular weight is 388 g/mol. The van der Waals surface area contributed by atoms with Crippen molar-refractivity contribution in [3.05, 3.63) is 90.0 Å². The van der Waals surface area contributed by atoms with Crippen molar-refractivity contribution in [2.75, 3.05) is 0 Å². The lowest BCUT2D eigenvalue weighted by Gasteiger charge is -2.05. The van der Waals surface area contributed by atoms with Gasteiger partial charge in [0.2, 0.25) is 0 Å². The van der Waals surface area contributed by atoms with E-state index in [0.29, 0.717) is 11.1 Å². The van der Waals surface area contributed by atoms with E-state index < -0.39 is 11.4 Å². The minimum Gasteiger partial charge on any atom is -0.314 e. The number of nitrogens with zero attached hydrogens (tertiary/aromatic N) is 2. The van der Waals surface area contributed by atoms with Crippen LogP contribution in [-0.2, 0) is 0 Å². The number of H-pyrrole nitrogens is 4. The number of hydrogen-bond acceptors (Lipinski definition) is 6. The van der Waals surface area contributed by atoms with Gasteiger partial charge in [0.25, 0.3) is 11.1 Å². The molecule has 0 atom stereocenters.